The molecule has 0 fully saturated rings. The SMILES string of the molecule is O=C(C[NH2+]C(c1ccccc1)c1ccccc1)Nc1ccc(Br)cc1. The van der Waals surface area contributed by atoms with Gasteiger partial charge in [0.2, 0.25) is 0 Å². The Morgan fingerprint density at radius 1 is 0.840 bits per heavy atom. The van der Waals surface area contributed by atoms with Crippen molar-refractivity contribution in [2.24, 2.45) is 0 Å². The number of amides is 1. The van der Waals surface area contributed by atoms with Crippen LogP contribution in [0.4, 0.5) is 5.69 Å². The van der Waals surface area contributed by atoms with E-state index in [-0.39, 0.29) is 11.9 Å². The Bertz CT molecular complexity index is 765. The van der Waals surface area contributed by atoms with E-state index in [0.717, 1.165) is 10.2 Å². The van der Waals surface area contributed by atoms with E-state index < -0.39 is 0 Å². The Kier molecular flexibility index (Phi) is 5.99. The third-order valence-corrected chi connectivity index (χ3v) is 4.51. The fraction of sp³-hybridized carbons (Fsp3) is 0.0952. The average Bonchev–Trinajstić information content (AvgIpc) is 2.66. The highest BCUT2D eigenvalue weighted by Gasteiger charge is 2.18. The molecule has 3 nitrogen and oxygen atoms in total. The largest absolute Gasteiger partial charge is 0.328 e. The standard InChI is InChI=1S/C21H19BrN2O/c22-18-11-13-19(14-12-18)24-20(25)15-23-21(16-7-3-1-4-8-16)17-9-5-2-6-10-17/h1-14,21,23H,15H2,(H,24,25)/p+1. The van der Waals surface area contributed by atoms with E-state index in [2.05, 4.69) is 50.8 Å². The summed E-state index contributed by atoms with van der Waals surface area (Å²) in [6, 6.07) is 28.2. The van der Waals surface area contributed by atoms with Crippen LogP contribution in [0.1, 0.15) is 17.2 Å². The first kappa shape index (κ1) is 17.4. The molecule has 0 aliphatic carbocycles. The number of benzene rings is 3. The summed E-state index contributed by atoms with van der Waals surface area (Å²) in [7, 11) is 0. The molecule has 4 heteroatoms. The highest BCUT2D eigenvalue weighted by atomic mass is 79.9. The molecule has 0 atom stereocenters. The maximum absolute atomic E-state index is 12.3. The third-order valence-electron chi connectivity index (χ3n) is 3.98. The molecule has 0 heterocycles. The molecule has 126 valence electrons. The summed E-state index contributed by atoms with van der Waals surface area (Å²) in [4.78, 5) is 12.3. The first-order valence-corrected chi connectivity index (χ1v) is 9.00. The number of nitrogens with one attached hydrogen (secondary N) is 1. The second-order valence-corrected chi connectivity index (χ2v) is 6.71. The monoisotopic (exact) mass is 395 g/mol. The van der Waals surface area contributed by atoms with Gasteiger partial charge in [0.05, 0.1) is 0 Å². The van der Waals surface area contributed by atoms with E-state index in [1.165, 1.54) is 11.1 Å². The van der Waals surface area contributed by atoms with E-state index >= 15 is 0 Å². The minimum atomic E-state index is -0.0146. The van der Waals surface area contributed by atoms with Crippen LogP contribution in [0.5, 0.6) is 0 Å². The summed E-state index contributed by atoms with van der Waals surface area (Å²) in [5, 5.41) is 5.00. The Hall–Kier alpha value is -2.43. The molecule has 3 aromatic carbocycles. The van der Waals surface area contributed by atoms with Crippen LogP contribution in [-0.4, -0.2) is 12.5 Å². The van der Waals surface area contributed by atoms with Gasteiger partial charge in [-0.15, -0.1) is 0 Å². The predicted octanol–water partition coefficient (Wildman–Crippen LogP) is 3.74. The fourth-order valence-corrected chi connectivity index (χ4v) is 3.02. The molecular formula is C21H20BrN2O+. The predicted molar refractivity (Wildman–Crippen MR) is 104 cm³/mol. The van der Waals surface area contributed by atoms with Crippen molar-refractivity contribution in [2.45, 2.75) is 6.04 Å². The van der Waals surface area contributed by atoms with Crippen LogP contribution in [0.2, 0.25) is 0 Å². The molecule has 1 amide bonds. The molecule has 0 saturated heterocycles. The van der Waals surface area contributed by atoms with Gasteiger partial charge < -0.3 is 10.6 Å². The summed E-state index contributed by atoms with van der Waals surface area (Å²) < 4.78 is 0.991. The van der Waals surface area contributed by atoms with E-state index in [1.54, 1.807) is 0 Å². The number of anilines is 1. The fourth-order valence-electron chi connectivity index (χ4n) is 2.76. The molecule has 0 spiro atoms. The van der Waals surface area contributed by atoms with Gasteiger partial charge in [0, 0.05) is 21.3 Å². The Morgan fingerprint density at radius 2 is 1.36 bits per heavy atom. The van der Waals surface area contributed by atoms with Crippen LogP contribution >= 0.6 is 15.9 Å². The van der Waals surface area contributed by atoms with Gasteiger partial charge in [-0.3, -0.25) is 4.79 Å². The molecule has 0 aromatic heterocycles. The highest BCUT2D eigenvalue weighted by Crippen LogP contribution is 2.17. The molecule has 0 saturated carbocycles. The molecule has 3 rings (SSSR count). The number of quaternary nitrogens is 1. The number of carbonyl (C=O) groups excluding carboxylic acids is 1. The van der Waals surface area contributed by atoms with Crippen LogP contribution in [0.25, 0.3) is 0 Å². The Labute approximate surface area is 156 Å². The first-order chi connectivity index (χ1) is 12.2. The molecule has 3 aromatic rings. The molecular weight excluding hydrogens is 376 g/mol. The topological polar surface area (TPSA) is 45.7 Å². The minimum Gasteiger partial charge on any atom is -0.328 e. The minimum absolute atomic E-state index is 0.0146. The second kappa shape index (κ2) is 8.60. The number of hydrogen-bond acceptors (Lipinski definition) is 1. The summed E-state index contributed by atoms with van der Waals surface area (Å²) >= 11 is 3.39. The molecule has 0 radical (unpaired) electrons. The van der Waals surface area contributed by atoms with Crippen molar-refractivity contribution in [3.05, 3.63) is 101 Å². The van der Waals surface area contributed by atoms with Crippen LogP contribution in [0.3, 0.4) is 0 Å². The van der Waals surface area contributed by atoms with Gasteiger partial charge >= 0.3 is 0 Å². The highest BCUT2D eigenvalue weighted by molar-refractivity contribution is 9.10. The van der Waals surface area contributed by atoms with Crippen LogP contribution in [0, 0.1) is 0 Å². The molecule has 0 aliphatic heterocycles. The van der Waals surface area contributed by atoms with E-state index in [4.69, 9.17) is 0 Å². The Balaban J connectivity index is 1.68. The zero-order valence-electron chi connectivity index (χ0n) is 13.7. The van der Waals surface area contributed by atoms with Gasteiger partial charge in [-0.05, 0) is 24.3 Å². The summed E-state index contributed by atoms with van der Waals surface area (Å²) in [5.41, 5.74) is 3.17. The number of halogens is 1. The van der Waals surface area contributed by atoms with Crippen LogP contribution in [0.15, 0.2) is 89.4 Å². The van der Waals surface area contributed by atoms with E-state index in [9.17, 15) is 4.79 Å². The van der Waals surface area contributed by atoms with Crippen molar-refractivity contribution in [2.75, 3.05) is 11.9 Å². The molecule has 3 N–H and O–H groups in total. The van der Waals surface area contributed by atoms with Crippen LogP contribution in [-0.2, 0) is 4.79 Å². The van der Waals surface area contributed by atoms with Crippen molar-refractivity contribution in [1.29, 1.82) is 0 Å². The lowest BCUT2D eigenvalue weighted by Crippen LogP contribution is -2.87. The lowest BCUT2D eigenvalue weighted by atomic mass is 9.99. The molecule has 0 bridgehead atoms. The van der Waals surface area contributed by atoms with E-state index in [1.807, 2.05) is 60.7 Å². The van der Waals surface area contributed by atoms with Gasteiger partial charge in [-0.1, -0.05) is 76.6 Å². The van der Waals surface area contributed by atoms with Gasteiger partial charge in [0.25, 0.3) is 5.91 Å². The number of rotatable bonds is 6. The summed E-state index contributed by atoms with van der Waals surface area (Å²) in [6.07, 6.45) is 0. The van der Waals surface area contributed by atoms with Crippen molar-refractivity contribution < 1.29 is 10.1 Å². The first-order valence-electron chi connectivity index (χ1n) is 8.21. The molecule has 25 heavy (non-hydrogen) atoms. The van der Waals surface area contributed by atoms with Crippen LogP contribution < -0.4 is 10.6 Å². The van der Waals surface area contributed by atoms with Crippen molar-refractivity contribution in [3.63, 3.8) is 0 Å². The lowest BCUT2D eigenvalue weighted by molar-refractivity contribution is -0.676. The average molecular weight is 396 g/mol. The summed E-state index contributed by atoms with van der Waals surface area (Å²) in [5.74, 6) is -0.0146. The van der Waals surface area contributed by atoms with Gasteiger partial charge in [0.15, 0.2) is 6.54 Å². The quantitative estimate of drug-likeness (QED) is 0.655. The van der Waals surface area contributed by atoms with Gasteiger partial charge in [-0.2, -0.15) is 0 Å². The Morgan fingerprint density at radius 3 is 1.88 bits per heavy atom. The van der Waals surface area contributed by atoms with Gasteiger partial charge in [-0.25, -0.2) is 0 Å². The normalized spacial score (nSPS) is 10.6. The maximum Gasteiger partial charge on any atom is 0.279 e. The van der Waals surface area contributed by atoms with Crippen molar-refractivity contribution in [3.8, 4) is 0 Å². The third kappa shape index (κ3) is 5.02. The lowest BCUT2D eigenvalue weighted by Gasteiger charge is -2.16. The smallest absolute Gasteiger partial charge is 0.279 e. The van der Waals surface area contributed by atoms with Crippen molar-refractivity contribution >= 4 is 27.5 Å². The maximum atomic E-state index is 12.3. The number of carbonyl (C=O) groups is 1. The molecule has 0 unspecified atom stereocenters. The zero-order chi connectivity index (χ0) is 17.5. The summed E-state index contributed by atoms with van der Waals surface area (Å²) in [6.45, 7) is 0.352. The number of nitrogens with two attached hydrogens (primary N) is 1. The van der Waals surface area contributed by atoms with Crippen molar-refractivity contribution in [1.82, 2.24) is 0 Å². The second-order valence-electron chi connectivity index (χ2n) is 5.79. The van der Waals surface area contributed by atoms with Gasteiger partial charge in [0.1, 0.15) is 6.04 Å². The molecule has 0 aliphatic rings. The zero-order valence-corrected chi connectivity index (χ0v) is 15.3. The number of hydrogen-bond donors (Lipinski definition) is 2. The van der Waals surface area contributed by atoms with E-state index in [0.29, 0.717) is 6.54 Å².